The molecular formula is C17H15NO2S. The van der Waals surface area contributed by atoms with E-state index in [0.717, 1.165) is 10.1 Å². The molecule has 0 saturated carbocycles. The second kappa shape index (κ2) is 5.68. The summed E-state index contributed by atoms with van der Waals surface area (Å²) in [6.45, 7) is 1.68. The predicted molar refractivity (Wildman–Crippen MR) is 86.9 cm³/mol. The van der Waals surface area contributed by atoms with E-state index in [1.807, 2.05) is 48.5 Å². The van der Waals surface area contributed by atoms with E-state index < -0.39 is 6.10 Å². The van der Waals surface area contributed by atoms with Crippen molar-refractivity contribution in [3.8, 4) is 0 Å². The maximum Gasteiger partial charge on any atom is 0.265 e. The number of anilines is 1. The van der Waals surface area contributed by atoms with E-state index in [0.29, 0.717) is 16.1 Å². The Morgan fingerprint density at radius 3 is 2.62 bits per heavy atom. The molecule has 0 radical (unpaired) electrons. The smallest absolute Gasteiger partial charge is 0.265 e. The van der Waals surface area contributed by atoms with E-state index in [2.05, 4.69) is 5.32 Å². The van der Waals surface area contributed by atoms with Crippen LogP contribution in [0.1, 0.15) is 28.3 Å². The molecular weight excluding hydrogens is 282 g/mol. The molecule has 0 aliphatic heterocycles. The third kappa shape index (κ3) is 2.82. The number of carbonyl (C=O) groups excluding carboxylic acids is 1. The van der Waals surface area contributed by atoms with E-state index in [4.69, 9.17) is 0 Å². The van der Waals surface area contributed by atoms with Crippen LogP contribution in [-0.2, 0) is 0 Å². The number of rotatable bonds is 3. The van der Waals surface area contributed by atoms with Gasteiger partial charge in [-0.25, -0.2) is 0 Å². The number of nitrogens with one attached hydrogen (secondary N) is 1. The van der Waals surface area contributed by atoms with Gasteiger partial charge in [0.1, 0.15) is 0 Å². The van der Waals surface area contributed by atoms with Crippen LogP contribution in [0, 0.1) is 0 Å². The van der Waals surface area contributed by atoms with Crippen LogP contribution in [0.25, 0.3) is 10.1 Å². The van der Waals surface area contributed by atoms with Gasteiger partial charge in [-0.3, -0.25) is 4.79 Å². The molecule has 2 aromatic carbocycles. The van der Waals surface area contributed by atoms with Gasteiger partial charge < -0.3 is 10.4 Å². The van der Waals surface area contributed by atoms with Gasteiger partial charge in [0.2, 0.25) is 0 Å². The molecule has 2 N–H and O–H groups in total. The van der Waals surface area contributed by atoms with E-state index >= 15 is 0 Å². The predicted octanol–water partition coefficient (Wildman–Crippen LogP) is 4.21. The fourth-order valence-corrected chi connectivity index (χ4v) is 3.21. The van der Waals surface area contributed by atoms with Crippen molar-refractivity contribution < 1.29 is 9.90 Å². The topological polar surface area (TPSA) is 49.3 Å². The second-order valence-corrected chi connectivity index (χ2v) is 5.95. The molecule has 0 bridgehead atoms. The van der Waals surface area contributed by atoms with Crippen molar-refractivity contribution in [2.75, 3.05) is 5.32 Å². The van der Waals surface area contributed by atoms with Crippen LogP contribution in [0.15, 0.2) is 54.6 Å². The van der Waals surface area contributed by atoms with Crippen LogP contribution in [0.3, 0.4) is 0 Å². The van der Waals surface area contributed by atoms with Crippen molar-refractivity contribution in [3.63, 3.8) is 0 Å². The van der Waals surface area contributed by atoms with E-state index in [-0.39, 0.29) is 5.91 Å². The summed E-state index contributed by atoms with van der Waals surface area (Å²) in [6, 6.07) is 17.1. The fraction of sp³-hybridized carbons (Fsp3) is 0.118. The molecule has 1 aromatic heterocycles. The van der Waals surface area contributed by atoms with Gasteiger partial charge in [-0.1, -0.05) is 36.4 Å². The molecule has 0 spiro atoms. The Bertz CT molecular complexity index is 759. The summed E-state index contributed by atoms with van der Waals surface area (Å²) in [5, 5.41) is 13.7. The monoisotopic (exact) mass is 297 g/mol. The van der Waals surface area contributed by atoms with E-state index in [9.17, 15) is 9.90 Å². The first-order valence-corrected chi connectivity index (χ1v) is 7.54. The molecule has 1 heterocycles. The molecule has 0 aliphatic carbocycles. The molecule has 4 heteroatoms. The van der Waals surface area contributed by atoms with E-state index in [1.165, 1.54) is 11.3 Å². The van der Waals surface area contributed by atoms with Crippen LogP contribution < -0.4 is 5.32 Å². The number of carbonyl (C=O) groups is 1. The lowest BCUT2D eigenvalue weighted by Crippen LogP contribution is -2.12. The molecule has 0 aliphatic rings. The first-order valence-electron chi connectivity index (χ1n) is 6.72. The SMILES string of the molecule is CC(O)c1ccccc1NC(=O)c1cc2ccccc2s1. The largest absolute Gasteiger partial charge is 0.389 e. The summed E-state index contributed by atoms with van der Waals surface area (Å²) in [5.41, 5.74) is 1.36. The van der Waals surface area contributed by atoms with Crippen molar-refractivity contribution >= 4 is 33.0 Å². The normalized spacial score (nSPS) is 12.3. The minimum Gasteiger partial charge on any atom is -0.389 e. The average Bonchev–Trinajstić information content (AvgIpc) is 2.91. The van der Waals surface area contributed by atoms with Gasteiger partial charge in [-0.2, -0.15) is 0 Å². The number of thiophene rings is 1. The highest BCUT2D eigenvalue weighted by atomic mass is 32.1. The summed E-state index contributed by atoms with van der Waals surface area (Å²) in [7, 11) is 0. The molecule has 1 atom stereocenters. The number of aliphatic hydroxyl groups excluding tert-OH is 1. The third-order valence-corrected chi connectivity index (χ3v) is 4.42. The minimum atomic E-state index is -0.621. The number of para-hydroxylation sites is 1. The Morgan fingerprint density at radius 1 is 1.14 bits per heavy atom. The van der Waals surface area contributed by atoms with Crippen molar-refractivity contribution in [1.29, 1.82) is 0 Å². The molecule has 21 heavy (non-hydrogen) atoms. The zero-order chi connectivity index (χ0) is 14.8. The number of hydrogen-bond acceptors (Lipinski definition) is 3. The highest BCUT2D eigenvalue weighted by molar-refractivity contribution is 7.20. The highest BCUT2D eigenvalue weighted by Gasteiger charge is 2.13. The molecule has 3 nitrogen and oxygen atoms in total. The zero-order valence-corrected chi connectivity index (χ0v) is 12.4. The number of hydrogen-bond donors (Lipinski definition) is 2. The molecule has 0 fully saturated rings. The van der Waals surface area contributed by atoms with Crippen LogP contribution in [0.2, 0.25) is 0 Å². The number of benzene rings is 2. The first-order chi connectivity index (χ1) is 10.1. The third-order valence-electron chi connectivity index (χ3n) is 3.31. The lowest BCUT2D eigenvalue weighted by Gasteiger charge is -2.12. The highest BCUT2D eigenvalue weighted by Crippen LogP contribution is 2.27. The van der Waals surface area contributed by atoms with Crippen LogP contribution in [-0.4, -0.2) is 11.0 Å². The molecule has 0 saturated heterocycles. The van der Waals surface area contributed by atoms with Gasteiger partial charge in [-0.05, 0) is 30.5 Å². The maximum atomic E-state index is 12.4. The van der Waals surface area contributed by atoms with Gasteiger partial charge >= 0.3 is 0 Å². The summed E-state index contributed by atoms with van der Waals surface area (Å²) < 4.78 is 1.09. The van der Waals surface area contributed by atoms with Gasteiger partial charge in [0.05, 0.1) is 11.0 Å². The molecule has 1 amide bonds. The molecule has 1 unspecified atom stereocenters. The lowest BCUT2D eigenvalue weighted by atomic mass is 10.1. The second-order valence-electron chi connectivity index (χ2n) is 4.87. The Hall–Kier alpha value is -2.17. The first kappa shape index (κ1) is 13.8. The Labute approximate surface area is 126 Å². The summed E-state index contributed by atoms with van der Waals surface area (Å²) in [4.78, 5) is 13.0. The van der Waals surface area contributed by atoms with Gasteiger partial charge in [0.15, 0.2) is 0 Å². The summed E-state index contributed by atoms with van der Waals surface area (Å²) >= 11 is 1.46. The fourth-order valence-electron chi connectivity index (χ4n) is 2.25. The molecule has 3 rings (SSSR count). The molecule has 106 valence electrons. The quantitative estimate of drug-likeness (QED) is 0.761. The Balaban J connectivity index is 1.89. The van der Waals surface area contributed by atoms with Crippen LogP contribution in [0.4, 0.5) is 5.69 Å². The lowest BCUT2D eigenvalue weighted by molar-refractivity contribution is 0.103. The number of amides is 1. The summed E-state index contributed by atoms with van der Waals surface area (Å²) in [6.07, 6.45) is -0.621. The maximum absolute atomic E-state index is 12.4. The van der Waals surface area contributed by atoms with Crippen LogP contribution in [0.5, 0.6) is 0 Å². The number of fused-ring (bicyclic) bond motifs is 1. The van der Waals surface area contributed by atoms with Crippen molar-refractivity contribution in [3.05, 3.63) is 65.0 Å². The zero-order valence-electron chi connectivity index (χ0n) is 11.5. The van der Waals surface area contributed by atoms with Crippen molar-refractivity contribution in [1.82, 2.24) is 0 Å². The van der Waals surface area contributed by atoms with Gasteiger partial charge in [0.25, 0.3) is 5.91 Å². The Morgan fingerprint density at radius 2 is 1.86 bits per heavy atom. The van der Waals surface area contributed by atoms with Crippen molar-refractivity contribution in [2.24, 2.45) is 0 Å². The van der Waals surface area contributed by atoms with Gasteiger partial charge in [0, 0.05) is 16.0 Å². The minimum absolute atomic E-state index is 0.149. The van der Waals surface area contributed by atoms with Crippen LogP contribution >= 0.6 is 11.3 Å². The molecule has 3 aromatic rings. The Kier molecular flexibility index (Phi) is 3.73. The van der Waals surface area contributed by atoms with Gasteiger partial charge in [-0.15, -0.1) is 11.3 Å². The summed E-state index contributed by atoms with van der Waals surface area (Å²) in [5.74, 6) is -0.149. The van der Waals surface area contributed by atoms with Crippen molar-refractivity contribution in [2.45, 2.75) is 13.0 Å². The van der Waals surface area contributed by atoms with E-state index in [1.54, 1.807) is 13.0 Å². The number of aliphatic hydroxyl groups is 1. The standard InChI is InChI=1S/C17H15NO2S/c1-11(19)13-7-3-4-8-14(13)18-17(20)16-10-12-6-2-5-9-15(12)21-16/h2-11,19H,1H3,(H,18,20). The average molecular weight is 297 g/mol.